The van der Waals surface area contributed by atoms with Crippen LogP contribution >= 0.6 is 0 Å². The van der Waals surface area contributed by atoms with Crippen LogP contribution in [0.5, 0.6) is 11.5 Å². The number of nitrogens with one attached hydrogen (secondary N) is 1. The summed E-state index contributed by atoms with van der Waals surface area (Å²) >= 11 is 0. The Hall–Kier alpha value is -3.77. The van der Waals surface area contributed by atoms with E-state index in [0.717, 1.165) is 49.7 Å². The van der Waals surface area contributed by atoms with Crippen molar-refractivity contribution in [2.75, 3.05) is 43.2 Å². The molecule has 33 heavy (non-hydrogen) atoms. The smallest absolute Gasteiger partial charge is 0.248 e. The summed E-state index contributed by atoms with van der Waals surface area (Å²) in [5, 5.41) is 2.92. The minimum absolute atomic E-state index is 0.171. The van der Waals surface area contributed by atoms with Crippen molar-refractivity contribution in [2.24, 2.45) is 0 Å². The number of anilines is 2. The van der Waals surface area contributed by atoms with Crippen LogP contribution in [0.3, 0.4) is 0 Å². The molecule has 6 heteroatoms. The molecule has 2 aliphatic heterocycles. The van der Waals surface area contributed by atoms with Gasteiger partial charge in [0.05, 0.1) is 0 Å². The average molecular weight is 442 g/mol. The van der Waals surface area contributed by atoms with Gasteiger partial charge in [0.2, 0.25) is 12.7 Å². The minimum atomic E-state index is -0.171. The van der Waals surface area contributed by atoms with E-state index >= 15 is 0 Å². The van der Waals surface area contributed by atoms with Crippen LogP contribution in [0.15, 0.2) is 78.9 Å². The van der Waals surface area contributed by atoms with Gasteiger partial charge in [0.15, 0.2) is 11.5 Å². The maximum absolute atomic E-state index is 12.3. The molecule has 0 bridgehead atoms. The van der Waals surface area contributed by atoms with Crippen molar-refractivity contribution >= 4 is 23.4 Å². The number of nitrogens with zero attached hydrogens (tertiary/aromatic N) is 2. The molecule has 1 amide bonds. The number of carbonyl (C=O) groups is 1. The molecule has 168 valence electrons. The molecule has 3 aromatic rings. The molecule has 0 atom stereocenters. The molecule has 1 N–H and O–H groups in total. The fourth-order valence-corrected chi connectivity index (χ4v) is 4.13. The lowest BCUT2D eigenvalue weighted by atomic mass is 10.2. The second-order valence-corrected chi connectivity index (χ2v) is 8.23. The molecule has 0 radical (unpaired) electrons. The van der Waals surface area contributed by atoms with Crippen molar-refractivity contribution in [3.8, 4) is 11.5 Å². The maximum atomic E-state index is 12.3. The van der Waals surface area contributed by atoms with Crippen LogP contribution in [0, 0.1) is 0 Å². The molecular weight excluding hydrogens is 414 g/mol. The summed E-state index contributed by atoms with van der Waals surface area (Å²) < 4.78 is 10.7. The molecule has 2 heterocycles. The van der Waals surface area contributed by atoms with Gasteiger partial charge >= 0.3 is 0 Å². The number of hydrogen-bond donors (Lipinski definition) is 1. The van der Waals surface area contributed by atoms with Crippen molar-refractivity contribution in [2.45, 2.75) is 6.54 Å². The van der Waals surface area contributed by atoms with Gasteiger partial charge < -0.3 is 19.7 Å². The number of carbonyl (C=O) groups excluding carboxylic acids is 1. The van der Waals surface area contributed by atoms with Gasteiger partial charge in [0, 0.05) is 50.2 Å². The second-order valence-electron chi connectivity index (χ2n) is 8.23. The van der Waals surface area contributed by atoms with Crippen molar-refractivity contribution in [3.63, 3.8) is 0 Å². The van der Waals surface area contributed by atoms with E-state index in [1.807, 2.05) is 30.3 Å². The largest absolute Gasteiger partial charge is 0.454 e. The zero-order valence-electron chi connectivity index (χ0n) is 18.4. The minimum Gasteiger partial charge on any atom is -0.454 e. The molecule has 6 nitrogen and oxygen atoms in total. The lowest BCUT2D eigenvalue weighted by molar-refractivity contribution is -0.111. The first kappa shape index (κ1) is 21.1. The highest BCUT2D eigenvalue weighted by atomic mass is 16.7. The van der Waals surface area contributed by atoms with E-state index in [1.54, 1.807) is 6.08 Å². The van der Waals surface area contributed by atoms with Crippen LogP contribution in [0.25, 0.3) is 6.08 Å². The third-order valence-corrected chi connectivity index (χ3v) is 5.95. The Balaban J connectivity index is 1.11. The predicted octanol–water partition coefficient (Wildman–Crippen LogP) is 4.39. The Labute approximate surface area is 194 Å². The van der Waals surface area contributed by atoms with Gasteiger partial charge in [0.1, 0.15) is 0 Å². The highest BCUT2D eigenvalue weighted by Gasteiger charge is 2.17. The molecule has 0 saturated carbocycles. The first-order valence-corrected chi connectivity index (χ1v) is 11.2. The van der Waals surface area contributed by atoms with E-state index in [9.17, 15) is 4.79 Å². The van der Waals surface area contributed by atoms with Crippen molar-refractivity contribution < 1.29 is 14.3 Å². The average Bonchev–Trinajstić information content (AvgIpc) is 3.33. The SMILES string of the molecule is O=C(/C=C/c1ccc2c(c1)OCO2)Nc1ccc(N2CCN(Cc3ccccc3)CC2)cc1. The highest BCUT2D eigenvalue weighted by molar-refractivity contribution is 6.02. The number of benzene rings is 3. The summed E-state index contributed by atoms with van der Waals surface area (Å²) in [6.07, 6.45) is 3.29. The van der Waals surface area contributed by atoms with Crippen LogP contribution in [0.2, 0.25) is 0 Å². The standard InChI is InChI=1S/C27H27N3O3/c31-27(13-7-21-6-12-25-26(18-21)33-20-32-25)28-23-8-10-24(11-9-23)30-16-14-29(15-17-30)19-22-4-2-1-3-5-22/h1-13,18H,14-17,19-20H2,(H,28,31)/b13-7+. The Morgan fingerprint density at radius 2 is 1.64 bits per heavy atom. The predicted molar refractivity (Wildman–Crippen MR) is 131 cm³/mol. The summed E-state index contributed by atoms with van der Waals surface area (Å²) in [7, 11) is 0. The molecule has 5 rings (SSSR count). The monoisotopic (exact) mass is 441 g/mol. The third-order valence-electron chi connectivity index (χ3n) is 5.95. The lowest BCUT2D eigenvalue weighted by Crippen LogP contribution is -2.45. The highest BCUT2D eigenvalue weighted by Crippen LogP contribution is 2.32. The van der Waals surface area contributed by atoms with Gasteiger partial charge in [-0.2, -0.15) is 0 Å². The zero-order valence-corrected chi connectivity index (χ0v) is 18.4. The summed E-state index contributed by atoms with van der Waals surface area (Å²) in [6, 6.07) is 24.3. The fraction of sp³-hybridized carbons (Fsp3) is 0.222. The number of amides is 1. The number of fused-ring (bicyclic) bond motifs is 1. The van der Waals surface area contributed by atoms with Crippen LogP contribution in [0.1, 0.15) is 11.1 Å². The molecule has 3 aromatic carbocycles. The molecule has 0 aromatic heterocycles. The van der Waals surface area contributed by atoms with Crippen LogP contribution in [-0.2, 0) is 11.3 Å². The number of hydrogen-bond acceptors (Lipinski definition) is 5. The topological polar surface area (TPSA) is 54.0 Å². The van der Waals surface area contributed by atoms with Gasteiger partial charge in [-0.25, -0.2) is 0 Å². The molecular formula is C27H27N3O3. The maximum Gasteiger partial charge on any atom is 0.248 e. The van der Waals surface area contributed by atoms with Gasteiger partial charge in [0.25, 0.3) is 0 Å². The Kier molecular flexibility index (Phi) is 6.26. The van der Waals surface area contributed by atoms with Crippen LogP contribution in [-0.4, -0.2) is 43.8 Å². The normalized spacial score (nSPS) is 15.7. The van der Waals surface area contributed by atoms with E-state index in [-0.39, 0.29) is 12.7 Å². The number of piperazine rings is 1. The first-order chi connectivity index (χ1) is 16.2. The summed E-state index contributed by atoms with van der Waals surface area (Å²) in [6.45, 7) is 5.31. The van der Waals surface area contributed by atoms with Crippen LogP contribution in [0.4, 0.5) is 11.4 Å². The third kappa shape index (κ3) is 5.35. The molecule has 0 unspecified atom stereocenters. The van der Waals surface area contributed by atoms with E-state index < -0.39 is 0 Å². The Morgan fingerprint density at radius 1 is 0.879 bits per heavy atom. The summed E-state index contributed by atoms with van der Waals surface area (Å²) in [4.78, 5) is 17.2. The van der Waals surface area contributed by atoms with Gasteiger partial charge in [-0.3, -0.25) is 9.69 Å². The molecule has 2 aliphatic rings. The molecule has 0 spiro atoms. The summed E-state index contributed by atoms with van der Waals surface area (Å²) in [5.74, 6) is 1.26. The molecule has 1 saturated heterocycles. The number of rotatable bonds is 6. The first-order valence-electron chi connectivity index (χ1n) is 11.2. The Morgan fingerprint density at radius 3 is 2.42 bits per heavy atom. The molecule has 1 fully saturated rings. The van der Waals surface area contributed by atoms with Crippen LogP contribution < -0.4 is 19.7 Å². The molecule has 0 aliphatic carbocycles. The van der Waals surface area contributed by atoms with E-state index in [2.05, 4.69) is 57.6 Å². The fourth-order valence-electron chi connectivity index (χ4n) is 4.13. The van der Waals surface area contributed by atoms with E-state index in [4.69, 9.17) is 9.47 Å². The van der Waals surface area contributed by atoms with Gasteiger partial charge in [-0.1, -0.05) is 36.4 Å². The Bertz CT molecular complexity index is 1120. The van der Waals surface area contributed by atoms with E-state index in [1.165, 1.54) is 17.3 Å². The summed E-state index contributed by atoms with van der Waals surface area (Å²) in [5.41, 5.74) is 4.21. The van der Waals surface area contributed by atoms with E-state index in [0.29, 0.717) is 5.75 Å². The second kappa shape index (κ2) is 9.79. The van der Waals surface area contributed by atoms with Crippen molar-refractivity contribution in [3.05, 3.63) is 90.0 Å². The lowest BCUT2D eigenvalue weighted by Gasteiger charge is -2.36. The van der Waals surface area contributed by atoms with Crippen molar-refractivity contribution in [1.29, 1.82) is 0 Å². The number of ether oxygens (including phenoxy) is 2. The van der Waals surface area contributed by atoms with Gasteiger partial charge in [-0.05, 0) is 53.6 Å². The quantitative estimate of drug-likeness (QED) is 0.575. The van der Waals surface area contributed by atoms with Gasteiger partial charge in [-0.15, -0.1) is 0 Å². The zero-order chi connectivity index (χ0) is 22.5. The van der Waals surface area contributed by atoms with Crippen molar-refractivity contribution in [1.82, 2.24) is 4.90 Å².